The first-order chi connectivity index (χ1) is 14.4. The highest BCUT2D eigenvalue weighted by molar-refractivity contribution is 7.88. The molecule has 0 saturated carbocycles. The molecule has 3 amide bonds. The van der Waals surface area contributed by atoms with E-state index in [1.54, 1.807) is 18.2 Å². The number of urea groups is 1. The predicted octanol–water partition coefficient (Wildman–Crippen LogP) is 0.665. The molecule has 1 aromatic carbocycles. The summed E-state index contributed by atoms with van der Waals surface area (Å²) < 4.78 is 36.6. The summed E-state index contributed by atoms with van der Waals surface area (Å²) in [5.41, 5.74) is -0.562. The van der Waals surface area contributed by atoms with E-state index >= 15 is 0 Å². The van der Waals surface area contributed by atoms with Crippen LogP contribution in [0.5, 0.6) is 5.75 Å². The van der Waals surface area contributed by atoms with Crippen LogP contribution in [0.4, 0.5) is 4.79 Å². The lowest BCUT2D eigenvalue weighted by molar-refractivity contribution is -0.133. The molecule has 0 radical (unpaired) electrons. The Morgan fingerprint density at radius 1 is 1.20 bits per heavy atom. The minimum Gasteiger partial charge on any atom is -0.493 e. The Balaban J connectivity index is 1.45. The van der Waals surface area contributed by atoms with Crippen LogP contribution in [0.2, 0.25) is 0 Å². The van der Waals surface area contributed by atoms with Gasteiger partial charge in [0.2, 0.25) is 0 Å². The second-order valence-corrected chi connectivity index (χ2v) is 9.33. The summed E-state index contributed by atoms with van der Waals surface area (Å²) in [4.78, 5) is 29.3. The largest absolute Gasteiger partial charge is 0.493 e. The molecule has 30 heavy (non-hydrogen) atoms. The first kappa shape index (κ1) is 19.3. The number of carbonyl (C=O) groups is 2. The zero-order valence-electron chi connectivity index (χ0n) is 16.3. The van der Waals surface area contributed by atoms with Crippen molar-refractivity contribution in [2.45, 2.75) is 43.8 Å². The number of hydrogen-bond donors (Lipinski definition) is 2. The average Bonchev–Trinajstić information content (AvgIpc) is 2.87. The van der Waals surface area contributed by atoms with Crippen LogP contribution < -0.4 is 14.8 Å². The highest BCUT2D eigenvalue weighted by atomic mass is 32.2. The molecule has 11 heteroatoms. The molecule has 4 aliphatic heterocycles. The van der Waals surface area contributed by atoms with E-state index in [4.69, 9.17) is 4.74 Å². The third-order valence-corrected chi connectivity index (χ3v) is 7.15. The molecule has 160 valence electrons. The summed E-state index contributed by atoms with van der Waals surface area (Å²) in [6.07, 6.45) is 2.88. The van der Waals surface area contributed by atoms with Gasteiger partial charge in [0.1, 0.15) is 17.8 Å². The van der Waals surface area contributed by atoms with Gasteiger partial charge in [-0.15, -0.1) is 4.40 Å². The highest BCUT2D eigenvalue weighted by Gasteiger charge is 2.55. The van der Waals surface area contributed by atoms with Crippen LogP contribution in [-0.2, 0) is 20.5 Å². The third-order valence-electron chi connectivity index (χ3n) is 6.13. The van der Waals surface area contributed by atoms with Gasteiger partial charge in [-0.25, -0.2) is 4.79 Å². The monoisotopic (exact) mass is 433 g/mol. The Morgan fingerprint density at radius 3 is 2.90 bits per heavy atom. The smallest absolute Gasteiger partial charge is 0.325 e. The Hall–Kier alpha value is -2.66. The van der Waals surface area contributed by atoms with Crippen molar-refractivity contribution in [3.05, 3.63) is 29.8 Å². The molecule has 0 aromatic heterocycles. The summed E-state index contributed by atoms with van der Waals surface area (Å²) >= 11 is 0. The average molecular weight is 433 g/mol. The van der Waals surface area contributed by atoms with E-state index in [1.165, 1.54) is 0 Å². The van der Waals surface area contributed by atoms with Crippen molar-refractivity contribution >= 4 is 28.0 Å². The fourth-order valence-corrected chi connectivity index (χ4v) is 5.77. The summed E-state index contributed by atoms with van der Waals surface area (Å²) in [5.74, 6) is 0.676. The predicted molar refractivity (Wildman–Crippen MR) is 107 cm³/mol. The van der Waals surface area contributed by atoms with Crippen molar-refractivity contribution in [1.29, 1.82) is 0 Å². The van der Waals surface area contributed by atoms with E-state index in [-0.39, 0.29) is 12.5 Å². The van der Waals surface area contributed by atoms with Crippen molar-refractivity contribution < 1.29 is 22.7 Å². The molecule has 4 heterocycles. The van der Waals surface area contributed by atoms with Crippen LogP contribution in [0.1, 0.15) is 37.7 Å². The SMILES string of the molecule is O=C1N[C@]2(CCOc3ccccc32)C(=O)N1C[C@H]1NS(=O)(=O)N=C2CCCCCN21. The van der Waals surface area contributed by atoms with Gasteiger partial charge >= 0.3 is 16.2 Å². The van der Waals surface area contributed by atoms with Gasteiger partial charge in [-0.05, 0) is 18.9 Å². The zero-order chi connectivity index (χ0) is 20.9. The minimum absolute atomic E-state index is 0.0896. The lowest BCUT2D eigenvalue weighted by atomic mass is 9.84. The van der Waals surface area contributed by atoms with Crippen LogP contribution in [0.15, 0.2) is 28.7 Å². The Labute approximate surface area is 174 Å². The van der Waals surface area contributed by atoms with Crippen LogP contribution >= 0.6 is 0 Å². The number of nitrogens with one attached hydrogen (secondary N) is 2. The van der Waals surface area contributed by atoms with Crippen LogP contribution in [0.25, 0.3) is 0 Å². The number of para-hydroxylation sites is 1. The molecule has 2 fully saturated rings. The molecule has 0 bridgehead atoms. The van der Waals surface area contributed by atoms with E-state index in [2.05, 4.69) is 14.4 Å². The molecule has 1 aromatic rings. The lowest BCUT2D eigenvalue weighted by Crippen LogP contribution is -2.59. The van der Waals surface area contributed by atoms with Crippen molar-refractivity contribution in [1.82, 2.24) is 19.8 Å². The Morgan fingerprint density at radius 2 is 2.03 bits per heavy atom. The number of fused-ring (bicyclic) bond motifs is 3. The Bertz CT molecular complexity index is 1040. The van der Waals surface area contributed by atoms with Gasteiger partial charge in [0.15, 0.2) is 5.54 Å². The fraction of sp³-hybridized carbons (Fsp3) is 0.526. The van der Waals surface area contributed by atoms with E-state index in [0.29, 0.717) is 43.1 Å². The number of hydrogen-bond acceptors (Lipinski definition) is 6. The number of imide groups is 1. The van der Waals surface area contributed by atoms with E-state index in [9.17, 15) is 18.0 Å². The standard InChI is InChI=1S/C19H23N5O5S/c25-17-19(9-11-29-14-7-4-3-6-13(14)19)20-18(26)24(17)12-16-22-30(27,28)21-15-8-2-1-5-10-23(15)16/h3-4,6-7,16,22H,1-2,5,8-12H2,(H,20,26)/t16-,19-/m0/s1. The van der Waals surface area contributed by atoms with Gasteiger partial charge in [0.05, 0.1) is 13.2 Å². The van der Waals surface area contributed by atoms with Crippen LogP contribution in [0.3, 0.4) is 0 Å². The molecule has 5 rings (SSSR count). The molecule has 10 nitrogen and oxygen atoms in total. The number of amidine groups is 1. The third kappa shape index (κ3) is 3.03. The molecule has 2 saturated heterocycles. The lowest BCUT2D eigenvalue weighted by Gasteiger charge is -2.38. The molecule has 4 aliphatic rings. The quantitative estimate of drug-likeness (QED) is 0.662. The van der Waals surface area contributed by atoms with E-state index < -0.39 is 27.9 Å². The van der Waals surface area contributed by atoms with Gasteiger partial charge in [0.25, 0.3) is 5.91 Å². The van der Waals surface area contributed by atoms with Crippen LogP contribution in [0, 0.1) is 0 Å². The minimum atomic E-state index is -3.87. The molecular formula is C19H23N5O5S. The summed E-state index contributed by atoms with van der Waals surface area (Å²) in [6.45, 7) is 0.834. The summed E-state index contributed by atoms with van der Waals surface area (Å²) in [5, 5.41) is 2.85. The number of amides is 3. The molecular weight excluding hydrogens is 410 g/mol. The Kier molecular flexibility index (Phi) is 4.47. The number of nitrogens with zero attached hydrogens (tertiary/aromatic N) is 3. The molecule has 0 unspecified atom stereocenters. The molecule has 0 aliphatic carbocycles. The van der Waals surface area contributed by atoms with Crippen molar-refractivity contribution in [3.8, 4) is 5.75 Å². The van der Waals surface area contributed by atoms with Crippen molar-refractivity contribution in [3.63, 3.8) is 0 Å². The van der Waals surface area contributed by atoms with Gasteiger partial charge < -0.3 is 15.0 Å². The second kappa shape index (κ2) is 6.95. The van der Waals surface area contributed by atoms with Crippen LogP contribution in [-0.4, -0.2) is 61.9 Å². The number of ether oxygens (including phenoxy) is 1. The second-order valence-electron chi connectivity index (χ2n) is 7.97. The fourth-order valence-electron chi connectivity index (χ4n) is 4.70. The summed E-state index contributed by atoms with van der Waals surface area (Å²) in [7, 11) is -3.87. The maximum absolute atomic E-state index is 13.5. The van der Waals surface area contributed by atoms with E-state index in [0.717, 1.165) is 24.2 Å². The maximum Gasteiger partial charge on any atom is 0.325 e. The molecule has 1 spiro atoms. The topological polar surface area (TPSA) is 120 Å². The van der Waals surface area contributed by atoms with Gasteiger partial charge in [-0.3, -0.25) is 9.69 Å². The zero-order valence-corrected chi connectivity index (χ0v) is 17.2. The first-order valence-electron chi connectivity index (χ1n) is 10.1. The van der Waals surface area contributed by atoms with Crippen molar-refractivity contribution in [2.24, 2.45) is 4.40 Å². The highest BCUT2D eigenvalue weighted by Crippen LogP contribution is 2.41. The van der Waals surface area contributed by atoms with Crippen molar-refractivity contribution in [2.75, 3.05) is 19.7 Å². The summed E-state index contributed by atoms with van der Waals surface area (Å²) in [6, 6.07) is 6.63. The molecule has 2 atom stereocenters. The number of carbonyl (C=O) groups excluding carboxylic acids is 2. The maximum atomic E-state index is 13.5. The molecule has 2 N–H and O–H groups in total. The van der Waals surface area contributed by atoms with Gasteiger partial charge in [0, 0.05) is 24.9 Å². The normalized spacial score (nSPS) is 30.1. The first-order valence-corrected chi connectivity index (χ1v) is 11.6. The van der Waals surface area contributed by atoms with E-state index in [1.807, 2.05) is 11.0 Å². The number of benzene rings is 1. The van der Waals surface area contributed by atoms with Gasteiger partial charge in [-0.1, -0.05) is 24.6 Å². The number of rotatable bonds is 2. The van der Waals surface area contributed by atoms with Gasteiger partial charge in [-0.2, -0.15) is 13.1 Å².